The maximum Gasteiger partial charge on any atom is 0.386 e. The lowest BCUT2D eigenvalue weighted by Gasteiger charge is -2.24. The number of thiol groups is 1. The molecule has 8 atom stereocenters. The van der Waals surface area contributed by atoms with Crippen LogP contribution in [-0.4, -0.2) is 98.1 Å². The number of aliphatic hydroxyl groups excluding tert-OH is 3. The Hall–Kier alpha value is -3.20. The molecule has 2 fully saturated rings. The van der Waals surface area contributed by atoms with E-state index in [0.717, 1.165) is 6.33 Å². The van der Waals surface area contributed by atoms with Crippen LogP contribution in [0.2, 0.25) is 0 Å². The molecule has 0 aliphatic carbocycles. The fourth-order valence-electron chi connectivity index (χ4n) is 5.03. The van der Waals surface area contributed by atoms with Gasteiger partial charge in [0.2, 0.25) is 5.95 Å². The SMILES string of the molecule is Nc1nc2c(ncn2[C@@H]2O[C@H](CCO)C[C@H]2O[P@](=O)(S)OC[C@H]2O[C@@H](n3cnc4c(=O)[nH]cnc43)[C@H](O)[C@@H]2O)c(=O)[nH]1. The summed E-state index contributed by atoms with van der Waals surface area (Å²) >= 11 is 4.08. The summed E-state index contributed by atoms with van der Waals surface area (Å²) in [5, 5.41) is 30.7. The first kappa shape index (κ1) is 28.9. The van der Waals surface area contributed by atoms with Gasteiger partial charge in [-0.2, -0.15) is 4.98 Å². The fourth-order valence-corrected chi connectivity index (χ4v) is 6.52. The molecular weight excluding hydrogens is 601 g/mol. The Morgan fingerprint density at radius 2 is 1.79 bits per heavy atom. The van der Waals surface area contributed by atoms with Gasteiger partial charge in [-0.15, -0.1) is 0 Å². The molecule has 7 N–H and O–H groups in total. The van der Waals surface area contributed by atoms with Crippen LogP contribution in [0.25, 0.3) is 22.3 Å². The zero-order valence-corrected chi connectivity index (χ0v) is 23.2. The van der Waals surface area contributed by atoms with E-state index in [-0.39, 0.29) is 47.7 Å². The second kappa shape index (κ2) is 11.1. The molecule has 0 saturated carbocycles. The largest absolute Gasteiger partial charge is 0.396 e. The molecular formula is C21H26N9O10PS. The second-order valence-corrected chi connectivity index (χ2v) is 12.6. The van der Waals surface area contributed by atoms with Crippen molar-refractivity contribution in [1.82, 2.24) is 39.0 Å². The Balaban J connectivity index is 1.17. The van der Waals surface area contributed by atoms with E-state index in [4.69, 9.17) is 24.3 Å². The molecule has 2 aliphatic rings. The normalized spacial score (nSPS) is 29.5. The van der Waals surface area contributed by atoms with Crippen LogP contribution in [0.15, 0.2) is 28.6 Å². The molecule has 226 valence electrons. The molecule has 42 heavy (non-hydrogen) atoms. The van der Waals surface area contributed by atoms with Gasteiger partial charge in [0, 0.05) is 13.0 Å². The minimum Gasteiger partial charge on any atom is -0.396 e. The standard InChI is InChI=1S/C21H26N9O10PS/c22-21-27-16-12(18(35)28-21)26-7-30(16)19-9(3-8(38-19)1-2-31)40-41(36,42)37-4-10-13(32)14(33)20(39-10)29-6-25-11-15(29)23-5-24-17(11)34/h5-10,13-14,19-20,31-33H,1-4H2,(H,36,42)(H,23,24,34)(H3,22,27,28,35)/t8-,9-,10-,13-,14-,19-,20-,41-/m1/s1. The zero-order chi connectivity index (χ0) is 29.8. The molecule has 0 unspecified atom stereocenters. The van der Waals surface area contributed by atoms with Crippen LogP contribution in [0.5, 0.6) is 0 Å². The number of anilines is 1. The van der Waals surface area contributed by atoms with Crippen molar-refractivity contribution in [1.29, 1.82) is 0 Å². The Kier molecular flexibility index (Phi) is 7.66. The average molecular weight is 628 g/mol. The van der Waals surface area contributed by atoms with Gasteiger partial charge in [-0.05, 0) is 6.42 Å². The quantitative estimate of drug-likeness (QED) is 0.0827. The van der Waals surface area contributed by atoms with Gasteiger partial charge in [0.05, 0.1) is 31.7 Å². The molecule has 0 spiro atoms. The number of hydrogen-bond donors (Lipinski definition) is 7. The summed E-state index contributed by atoms with van der Waals surface area (Å²) in [5.74, 6) is -0.151. The topological polar surface area (TPSA) is 268 Å². The Labute approximate surface area is 239 Å². The molecule has 19 nitrogen and oxygen atoms in total. The van der Waals surface area contributed by atoms with E-state index >= 15 is 0 Å². The minimum atomic E-state index is -4.17. The van der Waals surface area contributed by atoms with Crippen molar-refractivity contribution < 1.29 is 38.4 Å². The van der Waals surface area contributed by atoms with Gasteiger partial charge >= 0.3 is 6.80 Å². The number of H-pyrrole nitrogens is 2. The lowest BCUT2D eigenvalue weighted by atomic mass is 10.1. The molecule has 2 aliphatic heterocycles. The average Bonchev–Trinajstić information content (AvgIpc) is 3.70. The summed E-state index contributed by atoms with van der Waals surface area (Å²) in [4.78, 5) is 45.2. The van der Waals surface area contributed by atoms with Crippen molar-refractivity contribution in [3.05, 3.63) is 39.7 Å². The van der Waals surface area contributed by atoms with Crippen LogP contribution in [-0.2, 0) is 23.1 Å². The van der Waals surface area contributed by atoms with E-state index in [1.165, 1.54) is 21.8 Å². The van der Waals surface area contributed by atoms with Crippen molar-refractivity contribution >= 4 is 47.3 Å². The van der Waals surface area contributed by atoms with Gasteiger partial charge < -0.3 is 35.5 Å². The molecule has 6 rings (SSSR count). The predicted molar refractivity (Wildman–Crippen MR) is 144 cm³/mol. The van der Waals surface area contributed by atoms with Crippen molar-refractivity contribution in [3.8, 4) is 0 Å². The van der Waals surface area contributed by atoms with Crippen molar-refractivity contribution in [2.45, 2.75) is 55.8 Å². The first-order valence-corrected chi connectivity index (χ1v) is 15.3. The number of rotatable bonds is 9. The van der Waals surface area contributed by atoms with Crippen LogP contribution < -0.4 is 16.9 Å². The number of aromatic amines is 2. The Bertz CT molecular complexity index is 1780. The van der Waals surface area contributed by atoms with Crippen molar-refractivity contribution in [2.24, 2.45) is 0 Å². The van der Waals surface area contributed by atoms with Gasteiger partial charge in [0.25, 0.3) is 11.1 Å². The van der Waals surface area contributed by atoms with Crippen molar-refractivity contribution in [2.75, 3.05) is 18.9 Å². The molecule has 21 heteroatoms. The summed E-state index contributed by atoms with van der Waals surface area (Å²) in [6.07, 6.45) is -3.68. The summed E-state index contributed by atoms with van der Waals surface area (Å²) in [6.45, 7) is -4.87. The maximum absolute atomic E-state index is 13.3. The number of imidazole rings is 2. The first-order chi connectivity index (χ1) is 20.1. The van der Waals surface area contributed by atoms with E-state index in [0.29, 0.717) is 0 Å². The number of aromatic nitrogens is 8. The number of fused-ring (bicyclic) bond motifs is 2. The summed E-state index contributed by atoms with van der Waals surface area (Å²) in [7, 11) is 0. The number of hydrogen-bond acceptors (Lipinski definition) is 15. The van der Waals surface area contributed by atoms with Gasteiger partial charge in [-0.25, -0.2) is 19.5 Å². The molecule has 0 radical (unpaired) electrons. The molecule has 4 aromatic rings. The number of ether oxygens (including phenoxy) is 2. The number of nitrogen functional groups attached to an aromatic ring is 1. The molecule has 2 saturated heterocycles. The van der Waals surface area contributed by atoms with Gasteiger partial charge in [-0.1, -0.05) is 12.2 Å². The van der Waals surface area contributed by atoms with E-state index < -0.39 is 67.5 Å². The number of nitrogens with one attached hydrogen (secondary N) is 2. The third-order valence-electron chi connectivity index (χ3n) is 6.97. The fraction of sp³-hybridized carbons (Fsp3) is 0.524. The highest BCUT2D eigenvalue weighted by molar-refractivity contribution is 8.44. The molecule has 0 aromatic carbocycles. The van der Waals surface area contributed by atoms with E-state index in [1.807, 2.05) is 0 Å². The summed E-state index contributed by atoms with van der Waals surface area (Å²) in [5.41, 5.74) is 4.86. The van der Waals surface area contributed by atoms with E-state index in [2.05, 4.69) is 42.2 Å². The second-order valence-electron chi connectivity index (χ2n) is 9.68. The smallest absolute Gasteiger partial charge is 0.386 e. The molecule has 0 bridgehead atoms. The third-order valence-corrected chi connectivity index (χ3v) is 8.61. The number of aliphatic hydroxyl groups is 3. The zero-order valence-electron chi connectivity index (χ0n) is 21.5. The summed E-state index contributed by atoms with van der Waals surface area (Å²) < 4.78 is 39.0. The molecule has 0 amide bonds. The lowest BCUT2D eigenvalue weighted by molar-refractivity contribution is -0.0529. The third kappa shape index (κ3) is 5.25. The van der Waals surface area contributed by atoms with E-state index in [1.54, 1.807) is 0 Å². The van der Waals surface area contributed by atoms with Gasteiger partial charge in [-0.3, -0.25) is 32.8 Å². The lowest BCUT2D eigenvalue weighted by Crippen LogP contribution is -2.33. The van der Waals surface area contributed by atoms with Crippen LogP contribution in [0.3, 0.4) is 0 Å². The summed E-state index contributed by atoms with van der Waals surface area (Å²) in [6, 6.07) is 0. The Morgan fingerprint density at radius 3 is 2.52 bits per heavy atom. The number of nitrogens with zero attached hydrogens (tertiary/aromatic N) is 6. The predicted octanol–water partition coefficient (Wildman–Crippen LogP) is -1.44. The minimum absolute atomic E-state index is 0.00609. The van der Waals surface area contributed by atoms with Crippen LogP contribution in [0.1, 0.15) is 25.3 Å². The van der Waals surface area contributed by atoms with E-state index in [9.17, 15) is 29.5 Å². The molecule has 4 aromatic heterocycles. The highest BCUT2D eigenvalue weighted by Gasteiger charge is 2.46. The Morgan fingerprint density at radius 1 is 1.07 bits per heavy atom. The highest BCUT2D eigenvalue weighted by Crippen LogP contribution is 2.57. The van der Waals surface area contributed by atoms with Crippen molar-refractivity contribution in [3.63, 3.8) is 0 Å². The van der Waals surface area contributed by atoms with Gasteiger partial charge in [0.1, 0.15) is 24.4 Å². The van der Waals surface area contributed by atoms with Crippen LogP contribution in [0, 0.1) is 0 Å². The van der Waals surface area contributed by atoms with Crippen LogP contribution in [0.4, 0.5) is 5.95 Å². The molecule has 6 heterocycles. The monoisotopic (exact) mass is 627 g/mol. The van der Waals surface area contributed by atoms with Crippen LogP contribution >= 0.6 is 19.0 Å². The maximum atomic E-state index is 13.3. The number of nitrogens with two attached hydrogens (primary N) is 1. The van der Waals surface area contributed by atoms with Gasteiger partial charge in [0.15, 0.2) is 34.8 Å². The highest BCUT2D eigenvalue weighted by atomic mass is 32.7. The first-order valence-electron chi connectivity index (χ1n) is 12.6.